The molecule has 0 radical (unpaired) electrons. The van der Waals surface area contributed by atoms with E-state index in [1.54, 1.807) is 0 Å². The van der Waals surface area contributed by atoms with E-state index in [0.717, 1.165) is 45.5 Å². The summed E-state index contributed by atoms with van der Waals surface area (Å²) in [7, 11) is 0. The molecule has 2 N–H and O–H groups in total. The Hall–Kier alpha value is -1.96. The number of nitrogens with one attached hydrogen (secondary N) is 2. The molecule has 2 aromatic heterocycles. The standard InChI is InChI=1S/C20H23ClN4OS2/c1-5-6-12(3)18(26)25-20-22-13(4)17(28-20)16-10-27-19(24-16)23-15-9-14(21)8-7-11(15)2/h7-10,12H,5-6H2,1-4H3,(H,23,24)(H,22,25,26). The fourth-order valence-electron chi connectivity index (χ4n) is 2.76. The molecule has 28 heavy (non-hydrogen) atoms. The van der Waals surface area contributed by atoms with E-state index in [9.17, 15) is 4.79 Å². The Balaban J connectivity index is 1.75. The smallest absolute Gasteiger partial charge is 0.228 e. The molecule has 0 fully saturated rings. The van der Waals surface area contributed by atoms with Crippen molar-refractivity contribution in [2.45, 2.75) is 40.5 Å². The molecule has 0 aliphatic rings. The molecule has 3 aromatic rings. The maximum Gasteiger partial charge on any atom is 0.228 e. The van der Waals surface area contributed by atoms with E-state index in [1.807, 2.05) is 44.4 Å². The number of aromatic nitrogens is 2. The molecule has 1 unspecified atom stereocenters. The summed E-state index contributed by atoms with van der Waals surface area (Å²) in [4.78, 5) is 22.4. The average Bonchev–Trinajstić information content (AvgIpc) is 3.24. The molecule has 3 rings (SSSR count). The number of thiazole rings is 2. The van der Waals surface area contributed by atoms with Crippen LogP contribution in [0.4, 0.5) is 16.0 Å². The monoisotopic (exact) mass is 434 g/mol. The number of hydrogen-bond acceptors (Lipinski definition) is 6. The van der Waals surface area contributed by atoms with Crippen LogP contribution in [0.25, 0.3) is 10.6 Å². The van der Waals surface area contributed by atoms with Crippen LogP contribution in [0.1, 0.15) is 37.9 Å². The summed E-state index contributed by atoms with van der Waals surface area (Å²) in [6, 6.07) is 5.73. The molecule has 1 amide bonds. The van der Waals surface area contributed by atoms with Crippen molar-refractivity contribution >= 4 is 56.1 Å². The van der Waals surface area contributed by atoms with Gasteiger partial charge in [-0.1, -0.05) is 49.3 Å². The number of carbonyl (C=O) groups is 1. The van der Waals surface area contributed by atoms with Gasteiger partial charge in [-0.15, -0.1) is 11.3 Å². The Morgan fingerprint density at radius 2 is 2.04 bits per heavy atom. The minimum atomic E-state index is -0.0198. The number of aryl methyl sites for hydroxylation is 2. The summed E-state index contributed by atoms with van der Waals surface area (Å²) in [6.07, 6.45) is 1.85. The van der Waals surface area contributed by atoms with E-state index >= 15 is 0 Å². The van der Waals surface area contributed by atoms with Crippen LogP contribution in [0.15, 0.2) is 23.6 Å². The van der Waals surface area contributed by atoms with Crippen LogP contribution in [-0.4, -0.2) is 15.9 Å². The van der Waals surface area contributed by atoms with Gasteiger partial charge in [0.15, 0.2) is 10.3 Å². The summed E-state index contributed by atoms with van der Waals surface area (Å²) in [5.74, 6) is -0.00659. The third-order valence-electron chi connectivity index (χ3n) is 4.37. The van der Waals surface area contributed by atoms with Crippen LogP contribution >= 0.6 is 34.3 Å². The zero-order chi connectivity index (χ0) is 20.3. The Morgan fingerprint density at radius 1 is 1.25 bits per heavy atom. The summed E-state index contributed by atoms with van der Waals surface area (Å²) in [6.45, 7) is 7.98. The number of nitrogens with zero attached hydrogens (tertiary/aromatic N) is 2. The quantitative estimate of drug-likeness (QED) is 0.436. The number of rotatable bonds is 7. The largest absolute Gasteiger partial charge is 0.331 e. The lowest BCUT2D eigenvalue weighted by atomic mass is 10.1. The van der Waals surface area contributed by atoms with Crippen LogP contribution in [-0.2, 0) is 4.79 Å². The van der Waals surface area contributed by atoms with Gasteiger partial charge in [-0.25, -0.2) is 9.97 Å². The molecule has 1 atom stereocenters. The van der Waals surface area contributed by atoms with Crippen molar-refractivity contribution in [2.24, 2.45) is 5.92 Å². The highest BCUT2D eigenvalue weighted by atomic mass is 35.5. The molecule has 0 saturated heterocycles. The third kappa shape index (κ3) is 4.90. The Kier molecular flexibility index (Phi) is 6.69. The predicted octanol–water partition coefficient (Wildman–Crippen LogP) is 6.66. The van der Waals surface area contributed by atoms with E-state index in [4.69, 9.17) is 11.6 Å². The molecular formula is C20H23ClN4OS2. The molecular weight excluding hydrogens is 412 g/mol. The van der Waals surface area contributed by atoms with Crippen LogP contribution < -0.4 is 10.6 Å². The molecule has 8 heteroatoms. The number of halogens is 1. The zero-order valence-corrected chi connectivity index (χ0v) is 18.7. The normalized spacial score (nSPS) is 12.0. The van der Waals surface area contributed by atoms with E-state index in [2.05, 4.69) is 27.5 Å². The lowest BCUT2D eigenvalue weighted by Gasteiger charge is -2.08. The van der Waals surface area contributed by atoms with Crippen LogP contribution in [0.2, 0.25) is 5.02 Å². The van der Waals surface area contributed by atoms with Gasteiger partial charge in [0, 0.05) is 22.0 Å². The summed E-state index contributed by atoms with van der Waals surface area (Å²) < 4.78 is 0. The van der Waals surface area contributed by atoms with Crippen molar-refractivity contribution in [3.63, 3.8) is 0 Å². The van der Waals surface area contributed by atoms with E-state index in [0.29, 0.717) is 10.2 Å². The molecule has 5 nitrogen and oxygen atoms in total. The molecule has 0 spiro atoms. The van der Waals surface area contributed by atoms with Gasteiger partial charge in [-0.3, -0.25) is 4.79 Å². The average molecular weight is 435 g/mol. The van der Waals surface area contributed by atoms with E-state index in [-0.39, 0.29) is 11.8 Å². The topological polar surface area (TPSA) is 66.9 Å². The minimum Gasteiger partial charge on any atom is -0.331 e. The maximum absolute atomic E-state index is 12.2. The van der Waals surface area contributed by atoms with Crippen molar-refractivity contribution in [3.8, 4) is 10.6 Å². The number of benzene rings is 1. The minimum absolute atomic E-state index is 0.0132. The highest BCUT2D eigenvalue weighted by molar-refractivity contribution is 7.20. The fourth-order valence-corrected chi connectivity index (χ4v) is 4.65. The molecule has 0 aliphatic heterocycles. The first-order chi connectivity index (χ1) is 13.4. The highest BCUT2D eigenvalue weighted by Gasteiger charge is 2.17. The molecule has 2 heterocycles. The van der Waals surface area contributed by atoms with Gasteiger partial charge in [0.05, 0.1) is 16.3 Å². The maximum atomic E-state index is 12.2. The highest BCUT2D eigenvalue weighted by Crippen LogP contribution is 2.36. The van der Waals surface area contributed by atoms with Crippen molar-refractivity contribution in [2.75, 3.05) is 10.6 Å². The second-order valence-corrected chi connectivity index (χ2v) is 9.03. The van der Waals surface area contributed by atoms with Crippen molar-refractivity contribution in [1.29, 1.82) is 0 Å². The number of hydrogen-bond donors (Lipinski definition) is 2. The van der Waals surface area contributed by atoms with Gasteiger partial charge in [-0.2, -0.15) is 0 Å². The van der Waals surface area contributed by atoms with Gasteiger partial charge in [-0.05, 0) is 38.0 Å². The lowest BCUT2D eigenvalue weighted by Crippen LogP contribution is -2.20. The van der Waals surface area contributed by atoms with Crippen LogP contribution in [0.3, 0.4) is 0 Å². The van der Waals surface area contributed by atoms with Crippen molar-refractivity contribution < 1.29 is 4.79 Å². The van der Waals surface area contributed by atoms with E-state index < -0.39 is 0 Å². The second kappa shape index (κ2) is 9.03. The van der Waals surface area contributed by atoms with Crippen LogP contribution in [0.5, 0.6) is 0 Å². The van der Waals surface area contributed by atoms with E-state index in [1.165, 1.54) is 22.7 Å². The van der Waals surface area contributed by atoms with Gasteiger partial charge in [0.2, 0.25) is 5.91 Å². The lowest BCUT2D eigenvalue weighted by molar-refractivity contribution is -0.119. The summed E-state index contributed by atoms with van der Waals surface area (Å²) in [5, 5.41) is 10.3. The van der Waals surface area contributed by atoms with Crippen molar-refractivity contribution in [3.05, 3.63) is 39.9 Å². The Bertz CT molecular complexity index is 982. The van der Waals surface area contributed by atoms with Gasteiger partial charge >= 0.3 is 0 Å². The zero-order valence-electron chi connectivity index (χ0n) is 16.3. The second-order valence-electron chi connectivity index (χ2n) is 6.73. The molecule has 148 valence electrons. The van der Waals surface area contributed by atoms with Gasteiger partial charge < -0.3 is 10.6 Å². The number of amides is 1. The first kappa shape index (κ1) is 20.8. The Morgan fingerprint density at radius 3 is 2.79 bits per heavy atom. The van der Waals surface area contributed by atoms with Crippen molar-refractivity contribution in [1.82, 2.24) is 9.97 Å². The molecule has 1 aromatic carbocycles. The predicted molar refractivity (Wildman–Crippen MR) is 120 cm³/mol. The number of carbonyl (C=O) groups excluding carboxylic acids is 1. The van der Waals surface area contributed by atoms with Gasteiger partial charge in [0.25, 0.3) is 0 Å². The molecule has 0 bridgehead atoms. The third-order valence-corrected chi connectivity index (χ3v) is 6.46. The number of anilines is 3. The molecule has 0 aliphatic carbocycles. The van der Waals surface area contributed by atoms with Crippen LogP contribution in [0, 0.1) is 19.8 Å². The molecule has 0 saturated carbocycles. The first-order valence-corrected chi connectivity index (χ1v) is 11.2. The first-order valence-electron chi connectivity index (χ1n) is 9.14. The Labute approximate surface area is 178 Å². The summed E-state index contributed by atoms with van der Waals surface area (Å²) >= 11 is 9.07. The summed E-state index contributed by atoms with van der Waals surface area (Å²) in [5.41, 5.74) is 3.75. The SMILES string of the molecule is CCCC(C)C(=O)Nc1nc(C)c(-c2csc(Nc3cc(Cl)ccc3C)n2)s1. The fraction of sp³-hybridized carbons (Fsp3) is 0.350. The van der Waals surface area contributed by atoms with Gasteiger partial charge in [0.1, 0.15) is 0 Å².